The minimum atomic E-state index is -0.658. The first-order valence-corrected chi connectivity index (χ1v) is 9.55. The van der Waals surface area contributed by atoms with Crippen LogP contribution < -0.4 is 11.1 Å². The van der Waals surface area contributed by atoms with Gasteiger partial charge in [0, 0.05) is 19.4 Å². The van der Waals surface area contributed by atoms with Crippen LogP contribution in [0.4, 0.5) is 5.00 Å². The molecule has 0 radical (unpaired) electrons. The number of amides is 2. The summed E-state index contributed by atoms with van der Waals surface area (Å²) in [5, 5.41) is 3.63. The summed E-state index contributed by atoms with van der Waals surface area (Å²) >= 11 is 2.23. The van der Waals surface area contributed by atoms with Gasteiger partial charge < -0.3 is 20.4 Å². The van der Waals surface area contributed by atoms with Crippen molar-refractivity contribution >= 4 is 45.9 Å². The van der Waals surface area contributed by atoms with Crippen LogP contribution in [0.25, 0.3) is 0 Å². The fourth-order valence-electron chi connectivity index (χ4n) is 2.14. The number of imidazole rings is 1. The Kier molecular flexibility index (Phi) is 6.43. The van der Waals surface area contributed by atoms with Gasteiger partial charge in [-0.1, -0.05) is 11.8 Å². The first kappa shape index (κ1) is 20.0. The largest absolute Gasteiger partial charge is 0.459 e. The zero-order chi connectivity index (χ0) is 19.4. The molecule has 0 atom stereocenters. The molecular formula is C16H20N4O4S2. The van der Waals surface area contributed by atoms with E-state index in [9.17, 15) is 14.4 Å². The average molecular weight is 396 g/mol. The number of carbonyl (C=O) groups is 3. The van der Waals surface area contributed by atoms with Gasteiger partial charge in [-0.2, -0.15) is 0 Å². The Morgan fingerprint density at radius 3 is 2.65 bits per heavy atom. The van der Waals surface area contributed by atoms with Gasteiger partial charge in [-0.05, 0) is 26.3 Å². The molecule has 0 aliphatic carbocycles. The van der Waals surface area contributed by atoms with Gasteiger partial charge in [0.2, 0.25) is 5.91 Å². The van der Waals surface area contributed by atoms with Crippen molar-refractivity contribution in [3.8, 4) is 0 Å². The molecule has 0 saturated carbocycles. The third kappa shape index (κ3) is 4.64. The van der Waals surface area contributed by atoms with Crippen LogP contribution in [0.3, 0.4) is 0 Å². The summed E-state index contributed by atoms with van der Waals surface area (Å²) in [6.45, 7) is 5.04. The highest BCUT2D eigenvalue weighted by Crippen LogP contribution is 2.34. The van der Waals surface area contributed by atoms with Gasteiger partial charge >= 0.3 is 5.97 Å². The number of aryl methyl sites for hydroxylation is 1. The molecule has 0 unspecified atom stereocenters. The van der Waals surface area contributed by atoms with Crippen LogP contribution in [-0.4, -0.2) is 39.2 Å². The third-order valence-electron chi connectivity index (χ3n) is 3.28. The average Bonchev–Trinajstić information content (AvgIpc) is 3.08. The lowest BCUT2D eigenvalue weighted by Crippen LogP contribution is -2.18. The number of primary amides is 1. The Morgan fingerprint density at radius 1 is 1.42 bits per heavy atom. The molecular weight excluding hydrogens is 376 g/mol. The normalized spacial score (nSPS) is 10.8. The maximum absolute atomic E-state index is 12.4. The summed E-state index contributed by atoms with van der Waals surface area (Å²) in [7, 11) is 1.83. The number of aromatic nitrogens is 2. The number of nitrogens with zero attached hydrogens (tertiary/aromatic N) is 2. The molecule has 8 nitrogen and oxygen atoms in total. The number of hydrogen-bond donors (Lipinski definition) is 2. The molecule has 2 heterocycles. The van der Waals surface area contributed by atoms with Gasteiger partial charge in [0.05, 0.1) is 22.3 Å². The molecule has 0 fully saturated rings. The van der Waals surface area contributed by atoms with Crippen molar-refractivity contribution in [3.63, 3.8) is 0 Å². The second-order valence-electron chi connectivity index (χ2n) is 5.74. The quantitative estimate of drug-likeness (QED) is 0.547. The van der Waals surface area contributed by atoms with E-state index in [4.69, 9.17) is 10.5 Å². The molecule has 0 aromatic carbocycles. The van der Waals surface area contributed by atoms with Gasteiger partial charge in [0.1, 0.15) is 5.00 Å². The summed E-state index contributed by atoms with van der Waals surface area (Å²) in [6, 6.07) is 0. The van der Waals surface area contributed by atoms with Crippen LogP contribution in [-0.2, 0) is 16.6 Å². The summed E-state index contributed by atoms with van der Waals surface area (Å²) in [5.41, 5.74) is 5.92. The predicted octanol–water partition coefficient (Wildman–Crippen LogP) is 2.18. The second-order valence-corrected chi connectivity index (χ2v) is 7.70. The minimum absolute atomic E-state index is 0.104. The molecule has 2 aromatic rings. The van der Waals surface area contributed by atoms with E-state index in [-0.39, 0.29) is 33.2 Å². The molecule has 10 heteroatoms. The van der Waals surface area contributed by atoms with Gasteiger partial charge in [0.15, 0.2) is 5.16 Å². The van der Waals surface area contributed by atoms with E-state index in [1.807, 2.05) is 7.05 Å². The molecule has 0 spiro atoms. The van der Waals surface area contributed by atoms with Crippen LogP contribution in [0.1, 0.15) is 39.4 Å². The van der Waals surface area contributed by atoms with Crippen molar-refractivity contribution in [2.75, 3.05) is 11.1 Å². The molecule has 2 rings (SSSR count). The van der Waals surface area contributed by atoms with Crippen LogP contribution >= 0.6 is 23.1 Å². The molecule has 2 amide bonds. The Morgan fingerprint density at radius 2 is 2.12 bits per heavy atom. The third-order valence-corrected chi connectivity index (χ3v) is 5.56. The predicted molar refractivity (Wildman–Crippen MR) is 101 cm³/mol. The van der Waals surface area contributed by atoms with Gasteiger partial charge in [-0.3, -0.25) is 9.59 Å². The molecule has 0 saturated heterocycles. The van der Waals surface area contributed by atoms with E-state index < -0.39 is 11.9 Å². The number of rotatable bonds is 7. The number of ether oxygens (including phenoxy) is 1. The van der Waals surface area contributed by atoms with Crippen molar-refractivity contribution in [2.45, 2.75) is 32.0 Å². The highest BCUT2D eigenvalue weighted by Gasteiger charge is 2.26. The van der Waals surface area contributed by atoms with Gasteiger partial charge in [-0.25, -0.2) is 9.78 Å². The van der Waals surface area contributed by atoms with E-state index in [2.05, 4.69) is 10.3 Å². The fourth-order valence-corrected chi connectivity index (χ4v) is 3.93. The maximum Gasteiger partial charge on any atom is 0.341 e. The number of anilines is 1. The minimum Gasteiger partial charge on any atom is -0.459 e. The van der Waals surface area contributed by atoms with Gasteiger partial charge in [-0.15, -0.1) is 11.3 Å². The van der Waals surface area contributed by atoms with Crippen LogP contribution in [0.5, 0.6) is 0 Å². The monoisotopic (exact) mass is 396 g/mol. The van der Waals surface area contributed by atoms with Crippen molar-refractivity contribution in [1.82, 2.24) is 9.55 Å². The first-order chi connectivity index (χ1) is 12.2. The number of carbonyl (C=O) groups excluding carboxylic acids is 3. The van der Waals surface area contributed by atoms with E-state index in [1.165, 1.54) is 11.8 Å². The SMILES string of the molecule is Cc1c(C(N)=O)sc(NC(=O)CSc2nccn2C)c1C(=O)OC(C)C. The van der Waals surface area contributed by atoms with Gasteiger partial charge in [0.25, 0.3) is 5.91 Å². The zero-order valence-corrected chi connectivity index (χ0v) is 16.5. The highest BCUT2D eigenvalue weighted by atomic mass is 32.2. The van der Waals surface area contributed by atoms with Crippen molar-refractivity contribution < 1.29 is 19.1 Å². The Bertz CT molecular complexity index is 841. The first-order valence-electron chi connectivity index (χ1n) is 7.74. The van der Waals surface area contributed by atoms with Crippen LogP contribution in [0, 0.1) is 6.92 Å². The maximum atomic E-state index is 12.4. The summed E-state index contributed by atoms with van der Waals surface area (Å²) in [4.78, 5) is 40.6. The molecule has 140 valence electrons. The lowest BCUT2D eigenvalue weighted by atomic mass is 10.1. The highest BCUT2D eigenvalue weighted by molar-refractivity contribution is 7.99. The van der Waals surface area contributed by atoms with Crippen molar-refractivity contribution in [1.29, 1.82) is 0 Å². The standard InChI is InChI=1S/C16H20N4O4S2/c1-8(2)24-15(23)11-9(3)12(13(17)22)26-14(11)19-10(21)7-25-16-18-5-6-20(16)4/h5-6,8H,7H2,1-4H3,(H2,17,22)(H,19,21). The Labute approximate surface area is 159 Å². The van der Waals surface area contributed by atoms with Crippen molar-refractivity contribution in [3.05, 3.63) is 28.4 Å². The summed E-state index contributed by atoms with van der Waals surface area (Å²) in [6.07, 6.45) is 3.09. The lowest BCUT2D eigenvalue weighted by molar-refractivity contribution is -0.113. The zero-order valence-electron chi connectivity index (χ0n) is 14.9. The smallest absolute Gasteiger partial charge is 0.341 e. The summed E-state index contributed by atoms with van der Waals surface area (Å²) in [5.74, 6) is -1.48. The molecule has 0 aliphatic heterocycles. The molecule has 26 heavy (non-hydrogen) atoms. The van der Waals surface area contributed by atoms with Crippen LogP contribution in [0.15, 0.2) is 17.6 Å². The number of nitrogens with two attached hydrogens (primary N) is 1. The molecule has 0 aliphatic rings. The van der Waals surface area contributed by atoms with E-state index in [1.54, 1.807) is 37.7 Å². The number of hydrogen-bond acceptors (Lipinski definition) is 7. The number of thiophene rings is 1. The Balaban J connectivity index is 2.19. The van der Waals surface area contributed by atoms with E-state index in [0.29, 0.717) is 10.7 Å². The second kappa shape index (κ2) is 8.37. The Hall–Kier alpha value is -2.33. The van der Waals surface area contributed by atoms with Crippen molar-refractivity contribution in [2.24, 2.45) is 12.8 Å². The number of nitrogens with one attached hydrogen (secondary N) is 1. The number of esters is 1. The topological polar surface area (TPSA) is 116 Å². The molecule has 2 aromatic heterocycles. The fraction of sp³-hybridized carbons (Fsp3) is 0.375. The summed E-state index contributed by atoms with van der Waals surface area (Å²) < 4.78 is 7.01. The van der Waals surface area contributed by atoms with Crippen LogP contribution in [0.2, 0.25) is 0 Å². The molecule has 0 bridgehead atoms. The lowest BCUT2D eigenvalue weighted by Gasteiger charge is -2.10. The molecule has 3 N–H and O–H groups in total. The van der Waals surface area contributed by atoms with E-state index in [0.717, 1.165) is 11.3 Å². The van der Waals surface area contributed by atoms with E-state index >= 15 is 0 Å². The number of thioether (sulfide) groups is 1.